The molecule has 0 fully saturated rings. The van der Waals surface area contributed by atoms with Crippen LogP contribution < -0.4 is 5.32 Å². The van der Waals surface area contributed by atoms with Gasteiger partial charge in [-0.25, -0.2) is 0 Å². The molecule has 92 valence electrons. The molecule has 0 aliphatic heterocycles. The van der Waals surface area contributed by atoms with Crippen molar-refractivity contribution in [2.75, 3.05) is 12.4 Å². The van der Waals surface area contributed by atoms with E-state index in [1.54, 1.807) is 0 Å². The van der Waals surface area contributed by atoms with E-state index in [1.165, 1.54) is 12.8 Å². The summed E-state index contributed by atoms with van der Waals surface area (Å²) in [6.45, 7) is 12.5. The van der Waals surface area contributed by atoms with Gasteiger partial charge >= 0.3 is 0 Å². The largest absolute Gasteiger partial charge is 0.313 e. The first-order valence-electron chi connectivity index (χ1n) is 6.25. The normalized spacial score (nSPS) is 14.6. The van der Waals surface area contributed by atoms with Crippen LogP contribution in [-0.4, -0.2) is 18.5 Å². The predicted molar refractivity (Wildman–Crippen MR) is 70.7 cm³/mol. The van der Waals surface area contributed by atoms with Crippen molar-refractivity contribution < 1.29 is 0 Å². The van der Waals surface area contributed by atoms with Crippen LogP contribution in [0.1, 0.15) is 53.9 Å². The fourth-order valence-electron chi connectivity index (χ4n) is 1.84. The van der Waals surface area contributed by atoms with Crippen molar-refractivity contribution in [2.24, 2.45) is 11.3 Å². The molecular weight excluding hydrogens is 206 g/mol. The summed E-state index contributed by atoms with van der Waals surface area (Å²) in [7, 11) is 0. The van der Waals surface area contributed by atoms with Crippen LogP contribution >= 0.6 is 11.6 Å². The molecule has 1 nitrogen and oxygen atoms in total. The lowest BCUT2D eigenvalue weighted by molar-refractivity contribution is 0.247. The van der Waals surface area contributed by atoms with Crippen molar-refractivity contribution in [3.05, 3.63) is 0 Å². The zero-order valence-corrected chi connectivity index (χ0v) is 11.8. The molecule has 0 amide bonds. The third-order valence-electron chi connectivity index (χ3n) is 3.25. The van der Waals surface area contributed by atoms with E-state index in [9.17, 15) is 0 Å². The Labute approximate surface area is 101 Å². The molecule has 0 bridgehead atoms. The Bertz CT molecular complexity index is 147. The van der Waals surface area contributed by atoms with E-state index in [0.29, 0.717) is 11.5 Å². The minimum atomic E-state index is 0.306. The summed E-state index contributed by atoms with van der Waals surface area (Å²) < 4.78 is 0. The van der Waals surface area contributed by atoms with Gasteiger partial charge in [-0.3, -0.25) is 0 Å². The van der Waals surface area contributed by atoms with Crippen molar-refractivity contribution in [1.29, 1.82) is 0 Å². The van der Waals surface area contributed by atoms with E-state index < -0.39 is 0 Å². The van der Waals surface area contributed by atoms with Crippen molar-refractivity contribution in [3.63, 3.8) is 0 Å². The molecule has 15 heavy (non-hydrogen) atoms. The van der Waals surface area contributed by atoms with E-state index >= 15 is 0 Å². The third-order valence-corrected chi connectivity index (χ3v) is 3.47. The number of hydrogen-bond donors (Lipinski definition) is 1. The lowest BCUT2D eigenvalue weighted by Gasteiger charge is -2.32. The van der Waals surface area contributed by atoms with Crippen LogP contribution in [0.5, 0.6) is 0 Å². The van der Waals surface area contributed by atoms with Crippen LogP contribution in [0.3, 0.4) is 0 Å². The zero-order valence-electron chi connectivity index (χ0n) is 11.1. The van der Waals surface area contributed by atoms with Gasteiger partial charge in [0, 0.05) is 11.9 Å². The van der Waals surface area contributed by atoms with Crippen molar-refractivity contribution in [1.82, 2.24) is 5.32 Å². The standard InChI is InChI=1S/C13H28ClN/c1-6-11(7-2)10-15-12(8-9-14)13(3,4)5/h11-12,15H,6-10H2,1-5H3. The molecule has 0 heterocycles. The molecule has 1 N–H and O–H groups in total. The second kappa shape index (κ2) is 7.51. The number of nitrogens with one attached hydrogen (secondary N) is 1. The maximum absolute atomic E-state index is 5.85. The van der Waals surface area contributed by atoms with Crippen molar-refractivity contribution >= 4 is 11.6 Å². The molecule has 0 aromatic rings. The fourth-order valence-corrected chi connectivity index (χ4v) is 2.05. The van der Waals surface area contributed by atoms with Crippen molar-refractivity contribution in [2.45, 2.75) is 59.9 Å². The van der Waals surface area contributed by atoms with E-state index in [2.05, 4.69) is 39.9 Å². The Balaban J connectivity index is 4.06. The topological polar surface area (TPSA) is 12.0 Å². The monoisotopic (exact) mass is 233 g/mol. The average Bonchev–Trinajstić information content (AvgIpc) is 2.16. The smallest absolute Gasteiger partial charge is 0.0238 e. The fraction of sp³-hybridized carbons (Fsp3) is 1.00. The van der Waals surface area contributed by atoms with Gasteiger partial charge in [0.15, 0.2) is 0 Å². The Hall–Kier alpha value is 0.250. The summed E-state index contributed by atoms with van der Waals surface area (Å²) in [5.74, 6) is 1.56. The number of hydrogen-bond acceptors (Lipinski definition) is 1. The molecule has 0 aromatic carbocycles. The molecule has 0 aliphatic carbocycles. The Kier molecular flexibility index (Phi) is 7.64. The van der Waals surface area contributed by atoms with Crippen LogP contribution in [0.15, 0.2) is 0 Å². The van der Waals surface area contributed by atoms with Gasteiger partial charge in [-0.1, -0.05) is 47.5 Å². The quantitative estimate of drug-likeness (QED) is 0.654. The van der Waals surface area contributed by atoms with Crippen LogP contribution in [0.25, 0.3) is 0 Å². The van der Waals surface area contributed by atoms with Crippen molar-refractivity contribution in [3.8, 4) is 0 Å². The number of rotatable bonds is 7. The highest BCUT2D eigenvalue weighted by molar-refractivity contribution is 6.17. The van der Waals surface area contributed by atoms with Gasteiger partial charge in [-0.15, -0.1) is 11.6 Å². The van der Waals surface area contributed by atoms with Gasteiger partial charge in [-0.2, -0.15) is 0 Å². The molecule has 1 unspecified atom stereocenters. The highest BCUT2D eigenvalue weighted by Gasteiger charge is 2.23. The van der Waals surface area contributed by atoms with Gasteiger partial charge in [0.1, 0.15) is 0 Å². The highest BCUT2D eigenvalue weighted by atomic mass is 35.5. The molecule has 0 saturated carbocycles. The maximum Gasteiger partial charge on any atom is 0.0238 e. The lowest BCUT2D eigenvalue weighted by Crippen LogP contribution is -2.42. The van der Waals surface area contributed by atoms with Crippen LogP contribution in [0.2, 0.25) is 0 Å². The van der Waals surface area contributed by atoms with Gasteiger partial charge in [0.2, 0.25) is 0 Å². The minimum absolute atomic E-state index is 0.306. The van der Waals surface area contributed by atoms with Gasteiger partial charge in [-0.05, 0) is 24.3 Å². The molecule has 0 saturated heterocycles. The molecule has 0 radical (unpaired) electrons. The average molecular weight is 234 g/mol. The molecule has 1 atom stereocenters. The van der Waals surface area contributed by atoms with E-state index in [0.717, 1.165) is 24.8 Å². The zero-order chi connectivity index (χ0) is 11.9. The minimum Gasteiger partial charge on any atom is -0.313 e. The Morgan fingerprint density at radius 1 is 1.13 bits per heavy atom. The van der Waals surface area contributed by atoms with Crippen LogP contribution in [0, 0.1) is 11.3 Å². The lowest BCUT2D eigenvalue weighted by atomic mass is 9.84. The predicted octanol–water partition coefficient (Wildman–Crippen LogP) is 4.06. The van der Waals surface area contributed by atoms with Gasteiger partial charge in [0.05, 0.1) is 0 Å². The Morgan fingerprint density at radius 2 is 1.67 bits per heavy atom. The summed E-state index contributed by atoms with van der Waals surface area (Å²) >= 11 is 5.85. The second-order valence-electron chi connectivity index (χ2n) is 5.49. The summed E-state index contributed by atoms with van der Waals surface area (Å²) in [5, 5.41) is 3.68. The first-order chi connectivity index (χ1) is 6.95. The summed E-state index contributed by atoms with van der Waals surface area (Å²) in [5.41, 5.74) is 0.306. The highest BCUT2D eigenvalue weighted by Crippen LogP contribution is 2.22. The number of alkyl halides is 1. The summed E-state index contributed by atoms with van der Waals surface area (Å²) in [4.78, 5) is 0. The molecule has 0 spiro atoms. The molecule has 0 aromatic heterocycles. The number of halogens is 1. The Morgan fingerprint density at radius 3 is 2.00 bits per heavy atom. The molecule has 2 heteroatoms. The SMILES string of the molecule is CCC(CC)CNC(CCCl)C(C)(C)C. The van der Waals surface area contributed by atoms with Crippen LogP contribution in [-0.2, 0) is 0 Å². The molecular formula is C13H28ClN. The first-order valence-corrected chi connectivity index (χ1v) is 6.78. The molecule has 0 rings (SSSR count). The third kappa shape index (κ3) is 6.42. The van der Waals surface area contributed by atoms with Gasteiger partial charge in [0.25, 0.3) is 0 Å². The first kappa shape index (κ1) is 15.2. The van der Waals surface area contributed by atoms with E-state index in [-0.39, 0.29) is 0 Å². The van der Waals surface area contributed by atoms with Crippen LogP contribution in [0.4, 0.5) is 0 Å². The molecule has 0 aliphatic rings. The van der Waals surface area contributed by atoms with E-state index in [1.807, 2.05) is 0 Å². The van der Waals surface area contributed by atoms with Gasteiger partial charge < -0.3 is 5.32 Å². The summed E-state index contributed by atoms with van der Waals surface area (Å²) in [6, 6.07) is 0.538. The maximum atomic E-state index is 5.85. The summed E-state index contributed by atoms with van der Waals surface area (Å²) in [6.07, 6.45) is 3.59. The van der Waals surface area contributed by atoms with E-state index in [4.69, 9.17) is 11.6 Å². The second-order valence-corrected chi connectivity index (χ2v) is 5.87.